The zero-order valence-electron chi connectivity index (χ0n) is 31.1. The molecule has 0 saturated carbocycles. The van der Waals surface area contributed by atoms with Crippen LogP contribution in [-0.4, -0.2) is 88.2 Å². The SMILES string of the molecule is CCCCNC(=O)[C@H](C)C[C@H](O)[C@H](CSCc1ccccc1)NC(=O)[C@H](C)NC(=O)[C@@H]1CCN(C(=O)OC(C)(C)C)C[C@@H]1SCc1ccccc1. The van der Waals surface area contributed by atoms with Gasteiger partial charge in [0.05, 0.1) is 18.1 Å². The molecule has 1 aliphatic rings. The number of unbranched alkanes of at least 4 members (excludes halogenated alkanes) is 1. The molecule has 0 aromatic heterocycles. The Balaban J connectivity index is 1.66. The number of nitrogens with zero attached hydrogens (tertiary/aromatic N) is 1. The van der Waals surface area contributed by atoms with Crippen molar-refractivity contribution < 1.29 is 29.0 Å². The smallest absolute Gasteiger partial charge is 0.410 e. The third kappa shape index (κ3) is 15.1. The summed E-state index contributed by atoms with van der Waals surface area (Å²) in [7, 11) is 0. The van der Waals surface area contributed by atoms with Crippen molar-refractivity contribution in [2.75, 3.05) is 25.4 Å². The van der Waals surface area contributed by atoms with E-state index in [0.29, 0.717) is 43.3 Å². The summed E-state index contributed by atoms with van der Waals surface area (Å²) in [5.41, 5.74) is 1.61. The first-order valence-electron chi connectivity index (χ1n) is 18.1. The first kappa shape index (κ1) is 42.2. The maximum atomic E-state index is 13.8. The van der Waals surface area contributed by atoms with Crippen molar-refractivity contribution in [2.45, 2.75) is 108 Å². The van der Waals surface area contributed by atoms with E-state index in [2.05, 4.69) is 22.9 Å². The number of aliphatic hydroxyl groups excluding tert-OH is 1. The molecule has 0 radical (unpaired) electrons. The predicted molar refractivity (Wildman–Crippen MR) is 207 cm³/mol. The van der Waals surface area contributed by atoms with Gasteiger partial charge in [-0.15, -0.1) is 0 Å². The van der Waals surface area contributed by atoms with E-state index in [0.717, 1.165) is 24.0 Å². The number of hydrogen-bond donors (Lipinski definition) is 4. The highest BCUT2D eigenvalue weighted by Gasteiger charge is 2.38. The lowest BCUT2D eigenvalue weighted by Gasteiger charge is -2.38. The van der Waals surface area contributed by atoms with Gasteiger partial charge in [-0.2, -0.15) is 23.5 Å². The lowest BCUT2D eigenvalue weighted by Crippen LogP contribution is -2.56. The summed E-state index contributed by atoms with van der Waals surface area (Å²) >= 11 is 3.21. The summed E-state index contributed by atoms with van der Waals surface area (Å²) in [5.74, 6) is 0.141. The van der Waals surface area contributed by atoms with Gasteiger partial charge in [0.1, 0.15) is 11.6 Å². The fraction of sp³-hybridized carbons (Fsp3) is 0.590. The number of aliphatic hydroxyl groups is 1. The molecule has 3 rings (SSSR count). The number of benzene rings is 2. The molecule has 2 aromatic rings. The van der Waals surface area contributed by atoms with Crippen molar-refractivity contribution in [3.05, 3.63) is 71.8 Å². The van der Waals surface area contributed by atoms with Crippen LogP contribution in [0.4, 0.5) is 4.79 Å². The highest BCUT2D eigenvalue weighted by atomic mass is 32.2. The number of thioether (sulfide) groups is 2. The molecular weight excluding hydrogens is 685 g/mol. The zero-order valence-corrected chi connectivity index (χ0v) is 32.7. The molecule has 1 aliphatic heterocycles. The number of nitrogens with one attached hydrogen (secondary N) is 3. The maximum absolute atomic E-state index is 13.8. The summed E-state index contributed by atoms with van der Waals surface area (Å²) in [6.07, 6.45) is 1.10. The molecule has 12 heteroatoms. The number of carbonyl (C=O) groups is 4. The Labute approximate surface area is 313 Å². The van der Waals surface area contributed by atoms with Gasteiger partial charge in [0, 0.05) is 48.1 Å². The van der Waals surface area contributed by atoms with Crippen LogP contribution in [0.2, 0.25) is 0 Å². The average molecular weight is 743 g/mol. The summed E-state index contributed by atoms with van der Waals surface area (Å²) in [4.78, 5) is 54.6. The maximum Gasteiger partial charge on any atom is 0.410 e. The normalized spacial score (nSPS) is 18.5. The van der Waals surface area contributed by atoms with E-state index in [1.54, 1.807) is 42.3 Å². The van der Waals surface area contributed by atoms with E-state index in [-0.39, 0.29) is 23.5 Å². The lowest BCUT2D eigenvalue weighted by molar-refractivity contribution is -0.132. The number of ether oxygens (including phenoxy) is 1. The van der Waals surface area contributed by atoms with Gasteiger partial charge in [-0.3, -0.25) is 14.4 Å². The van der Waals surface area contributed by atoms with Crippen LogP contribution in [0, 0.1) is 11.8 Å². The molecule has 0 aliphatic carbocycles. The average Bonchev–Trinajstić information content (AvgIpc) is 3.10. The first-order chi connectivity index (χ1) is 24.3. The summed E-state index contributed by atoms with van der Waals surface area (Å²) in [6.45, 7) is 12.3. The predicted octanol–water partition coefficient (Wildman–Crippen LogP) is 5.77. The van der Waals surface area contributed by atoms with Gasteiger partial charge >= 0.3 is 6.09 Å². The van der Waals surface area contributed by atoms with Gasteiger partial charge in [-0.25, -0.2) is 4.79 Å². The Kier molecular flexibility index (Phi) is 17.7. The zero-order chi connectivity index (χ0) is 37.4. The topological polar surface area (TPSA) is 137 Å². The lowest BCUT2D eigenvalue weighted by atomic mass is 9.95. The highest BCUT2D eigenvalue weighted by Crippen LogP contribution is 2.32. The van der Waals surface area contributed by atoms with Crippen LogP contribution in [0.15, 0.2) is 60.7 Å². The molecule has 4 amide bonds. The molecule has 2 aromatic carbocycles. The van der Waals surface area contributed by atoms with Gasteiger partial charge in [0.15, 0.2) is 0 Å². The van der Waals surface area contributed by atoms with Gasteiger partial charge in [0.2, 0.25) is 17.7 Å². The van der Waals surface area contributed by atoms with E-state index in [1.807, 2.05) is 81.4 Å². The number of piperidine rings is 1. The molecule has 10 nitrogen and oxygen atoms in total. The molecule has 0 unspecified atom stereocenters. The van der Waals surface area contributed by atoms with Crippen LogP contribution >= 0.6 is 23.5 Å². The largest absolute Gasteiger partial charge is 0.444 e. The summed E-state index contributed by atoms with van der Waals surface area (Å²) in [6, 6.07) is 18.4. The van der Waals surface area contributed by atoms with Crippen molar-refractivity contribution >= 4 is 47.3 Å². The Bertz CT molecular complexity index is 1380. The Morgan fingerprint density at radius 2 is 1.57 bits per heavy atom. The van der Waals surface area contributed by atoms with Crippen LogP contribution in [0.5, 0.6) is 0 Å². The molecule has 0 bridgehead atoms. The molecule has 6 atom stereocenters. The van der Waals surface area contributed by atoms with Crippen molar-refractivity contribution in [3.8, 4) is 0 Å². The van der Waals surface area contributed by atoms with E-state index < -0.39 is 47.6 Å². The Hall–Kier alpha value is -3.22. The monoisotopic (exact) mass is 742 g/mol. The van der Waals surface area contributed by atoms with Crippen LogP contribution in [0.1, 0.15) is 78.4 Å². The molecule has 1 heterocycles. The minimum Gasteiger partial charge on any atom is -0.444 e. The second kappa shape index (κ2) is 21.3. The number of rotatable bonds is 18. The minimum atomic E-state index is -0.969. The fourth-order valence-corrected chi connectivity index (χ4v) is 8.15. The summed E-state index contributed by atoms with van der Waals surface area (Å²) < 4.78 is 5.63. The molecule has 0 spiro atoms. The minimum absolute atomic E-state index is 0.123. The molecular formula is C39H58N4O6S2. The quantitative estimate of drug-likeness (QED) is 0.141. The standard InChI is InChI=1S/C39H58N4O6S2/c1-7-8-20-40-35(45)27(2)22-33(44)32(26-50-24-29-15-11-9-12-16-29)42-36(46)28(3)41-37(47)31-19-21-43(38(48)49-39(4,5)6)23-34(31)51-25-30-17-13-10-14-18-30/h9-18,27-28,31-34,44H,7-8,19-26H2,1-6H3,(H,40,45)(H,41,47)(H,42,46)/t27-,28+,31-,32+,33+,34+/m1/s1. The molecule has 51 heavy (non-hydrogen) atoms. The van der Waals surface area contributed by atoms with E-state index >= 15 is 0 Å². The molecule has 1 saturated heterocycles. The van der Waals surface area contributed by atoms with Crippen molar-refractivity contribution in [3.63, 3.8) is 0 Å². The number of amides is 4. The molecule has 282 valence electrons. The number of carbonyl (C=O) groups excluding carboxylic acids is 4. The molecule has 4 N–H and O–H groups in total. The van der Waals surface area contributed by atoms with Crippen LogP contribution in [0.3, 0.4) is 0 Å². The van der Waals surface area contributed by atoms with Crippen LogP contribution in [-0.2, 0) is 30.6 Å². The van der Waals surface area contributed by atoms with E-state index in [1.165, 1.54) is 0 Å². The molecule has 1 fully saturated rings. The van der Waals surface area contributed by atoms with Gasteiger partial charge in [-0.05, 0) is 58.1 Å². The first-order valence-corrected chi connectivity index (χ1v) is 20.3. The third-order valence-corrected chi connectivity index (χ3v) is 11.2. The van der Waals surface area contributed by atoms with Crippen molar-refractivity contribution in [1.29, 1.82) is 0 Å². The number of hydrogen-bond acceptors (Lipinski definition) is 8. The van der Waals surface area contributed by atoms with Crippen LogP contribution < -0.4 is 16.0 Å². The Morgan fingerprint density at radius 3 is 2.18 bits per heavy atom. The Morgan fingerprint density at radius 1 is 0.941 bits per heavy atom. The van der Waals surface area contributed by atoms with Gasteiger partial charge in [0.25, 0.3) is 0 Å². The second-order valence-electron chi connectivity index (χ2n) is 14.4. The summed E-state index contributed by atoms with van der Waals surface area (Å²) in [5, 5.41) is 19.9. The van der Waals surface area contributed by atoms with E-state index in [4.69, 9.17) is 4.74 Å². The van der Waals surface area contributed by atoms with Gasteiger partial charge < -0.3 is 30.7 Å². The fourth-order valence-electron chi connectivity index (χ4n) is 5.67. The van der Waals surface area contributed by atoms with Gasteiger partial charge in [-0.1, -0.05) is 80.9 Å². The highest BCUT2D eigenvalue weighted by molar-refractivity contribution is 7.99. The number of likely N-dealkylation sites (tertiary alicyclic amines) is 1. The van der Waals surface area contributed by atoms with E-state index in [9.17, 15) is 24.3 Å². The van der Waals surface area contributed by atoms with Crippen molar-refractivity contribution in [2.24, 2.45) is 11.8 Å². The van der Waals surface area contributed by atoms with Crippen LogP contribution in [0.25, 0.3) is 0 Å². The third-order valence-electron chi connectivity index (χ3n) is 8.68. The second-order valence-corrected chi connectivity index (χ2v) is 16.6. The van der Waals surface area contributed by atoms with Crippen molar-refractivity contribution in [1.82, 2.24) is 20.9 Å².